The summed E-state index contributed by atoms with van der Waals surface area (Å²) in [6, 6.07) is 0. The molecule has 1 radical (unpaired) electrons. The van der Waals surface area contributed by atoms with Crippen molar-refractivity contribution in [2.45, 2.75) is 0 Å². The van der Waals surface area contributed by atoms with Gasteiger partial charge >= 0.3 is 21.7 Å². The van der Waals surface area contributed by atoms with E-state index in [1.54, 1.807) is 0 Å². The number of nitrogens with zero attached hydrogens (tertiary/aromatic N) is 1. The van der Waals surface area contributed by atoms with Gasteiger partial charge in [-0.2, -0.15) is 0 Å². The van der Waals surface area contributed by atoms with Gasteiger partial charge in [0.25, 0.3) is 0 Å². The summed E-state index contributed by atoms with van der Waals surface area (Å²) in [4.78, 5) is 8.00. The van der Waals surface area contributed by atoms with Crippen LogP contribution in [0, 0.1) is 10.1 Å². The predicted octanol–water partition coefficient (Wildman–Crippen LogP) is 0.129. The Bertz CT molecular complexity index is 14.4. The maximum absolute atomic E-state index is 8.00. The number of hydrogen-bond donors (Lipinski definition) is 0. The molecule has 27 valence electrons. The molecule has 0 rings (SSSR count). The minimum Gasteiger partial charge on any atom is -2.00 e. The van der Waals surface area contributed by atoms with Crippen LogP contribution in [0.3, 0.4) is 0 Å². The third-order valence-electron chi connectivity index (χ3n) is 0. The molecular formula is NO3Ti. The average Bonchev–Trinajstić information content (AvgIpc) is 0.918. The third kappa shape index (κ3) is 3180. The molecule has 0 amide bonds. The fourth-order valence-electron chi connectivity index (χ4n) is 0. The van der Waals surface area contributed by atoms with Gasteiger partial charge in [0.05, 0.1) is 0 Å². The molecule has 0 N–H and O–H groups in total. The summed E-state index contributed by atoms with van der Waals surface area (Å²) in [6.07, 6.45) is 0. The summed E-state index contributed by atoms with van der Waals surface area (Å²) in [7, 11) is 0. The van der Waals surface area contributed by atoms with Crippen LogP contribution in [-0.2, 0) is 27.2 Å². The fraction of sp³-hybridized carbons (Fsp3) is 0. The van der Waals surface area contributed by atoms with Crippen molar-refractivity contribution in [3.63, 3.8) is 0 Å². The second-order valence-electron chi connectivity index (χ2n) is 0.0745. The average molecular weight is 110 g/mol. The van der Waals surface area contributed by atoms with Crippen molar-refractivity contribution >= 4 is 0 Å². The minimum absolute atomic E-state index is 0. The Hall–Kier alpha value is 0.0743. The summed E-state index contributed by atoms with van der Waals surface area (Å²) >= 11 is 0. The van der Waals surface area contributed by atoms with Crippen LogP contribution in [0.5, 0.6) is 0 Å². The SMILES string of the molecule is O=N[O-].[O-2].[Ti+3]. The second kappa shape index (κ2) is 33.4. The van der Waals surface area contributed by atoms with Gasteiger partial charge in [0.2, 0.25) is 0 Å². The van der Waals surface area contributed by atoms with Crippen LogP contribution in [0.2, 0.25) is 0 Å². The van der Waals surface area contributed by atoms with E-state index in [4.69, 9.17) is 10.1 Å². The summed E-state index contributed by atoms with van der Waals surface area (Å²) in [6.45, 7) is 0. The Kier molecular flexibility index (Phi) is 131. The van der Waals surface area contributed by atoms with E-state index < -0.39 is 0 Å². The molecule has 0 unspecified atom stereocenters. The summed E-state index contributed by atoms with van der Waals surface area (Å²) < 4.78 is 0. The van der Waals surface area contributed by atoms with Gasteiger partial charge in [-0.25, -0.2) is 0 Å². The molecule has 0 aromatic heterocycles. The van der Waals surface area contributed by atoms with E-state index in [9.17, 15) is 0 Å². The van der Waals surface area contributed by atoms with Crippen LogP contribution in [0.4, 0.5) is 0 Å². The molecule has 0 bridgehead atoms. The first kappa shape index (κ1) is 19.6. The van der Waals surface area contributed by atoms with Gasteiger partial charge in [0, 0.05) is 0 Å². The van der Waals surface area contributed by atoms with Crippen LogP contribution in [0.25, 0.3) is 0 Å². The first-order valence-electron chi connectivity index (χ1n) is 0.365. The van der Waals surface area contributed by atoms with Gasteiger partial charge < -0.3 is 15.6 Å². The summed E-state index contributed by atoms with van der Waals surface area (Å²) in [5.74, 6) is 0. The molecule has 0 aliphatic carbocycles. The first-order chi connectivity index (χ1) is 1.41. The van der Waals surface area contributed by atoms with E-state index in [0.717, 1.165) is 5.34 Å². The second-order valence-corrected chi connectivity index (χ2v) is 0.0745. The van der Waals surface area contributed by atoms with E-state index in [1.165, 1.54) is 0 Å². The van der Waals surface area contributed by atoms with Gasteiger partial charge in [0.1, 0.15) is 0 Å². The van der Waals surface area contributed by atoms with E-state index in [-0.39, 0.29) is 27.2 Å². The maximum Gasteiger partial charge on any atom is 3.00 e. The van der Waals surface area contributed by atoms with Crippen molar-refractivity contribution in [1.29, 1.82) is 0 Å². The molecule has 4 nitrogen and oxygen atoms in total. The van der Waals surface area contributed by atoms with E-state index in [2.05, 4.69) is 0 Å². The molecule has 0 aromatic carbocycles. The van der Waals surface area contributed by atoms with Gasteiger partial charge in [-0.1, -0.05) is 0 Å². The molecule has 0 heterocycles. The van der Waals surface area contributed by atoms with E-state index >= 15 is 0 Å². The zero-order chi connectivity index (χ0) is 2.71. The Morgan fingerprint density at radius 2 is 1.60 bits per heavy atom. The van der Waals surface area contributed by atoms with Crippen molar-refractivity contribution in [2.24, 2.45) is 5.34 Å². The van der Waals surface area contributed by atoms with Crippen molar-refractivity contribution < 1.29 is 27.2 Å². The number of rotatable bonds is 0. The van der Waals surface area contributed by atoms with Crippen LogP contribution in [0.1, 0.15) is 0 Å². The van der Waals surface area contributed by atoms with Crippen molar-refractivity contribution in [2.75, 3.05) is 0 Å². The molecule has 0 fully saturated rings. The summed E-state index contributed by atoms with van der Waals surface area (Å²) in [5.41, 5.74) is 0. The van der Waals surface area contributed by atoms with E-state index in [1.807, 2.05) is 0 Å². The molecule has 0 aliphatic heterocycles. The molecule has 0 saturated heterocycles. The molecule has 5 heavy (non-hydrogen) atoms. The zero-order valence-electron chi connectivity index (χ0n) is 2.17. The van der Waals surface area contributed by atoms with E-state index in [0.29, 0.717) is 0 Å². The Morgan fingerprint density at radius 1 is 1.60 bits per heavy atom. The zero-order valence-corrected chi connectivity index (χ0v) is 3.73. The fourth-order valence-corrected chi connectivity index (χ4v) is 0. The van der Waals surface area contributed by atoms with Crippen molar-refractivity contribution in [3.8, 4) is 0 Å². The number of hydrogen-bond acceptors (Lipinski definition) is 3. The normalized spacial score (nSPS) is 2.40. The van der Waals surface area contributed by atoms with Gasteiger partial charge in [0.15, 0.2) is 0 Å². The Balaban J connectivity index is -0.0000000200. The van der Waals surface area contributed by atoms with Crippen molar-refractivity contribution in [1.82, 2.24) is 0 Å². The summed E-state index contributed by atoms with van der Waals surface area (Å²) in [5, 5.41) is 9.00. The molecule has 5 heteroatoms. The van der Waals surface area contributed by atoms with Crippen LogP contribution in [-0.4, -0.2) is 0 Å². The molecule has 0 atom stereocenters. The topological polar surface area (TPSA) is 81.0 Å². The minimum atomic E-state index is 0. The molecule has 0 aromatic rings. The van der Waals surface area contributed by atoms with Gasteiger partial charge in [-0.15, -0.1) is 5.34 Å². The first-order valence-corrected chi connectivity index (χ1v) is 0.365. The Labute approximate surface area is 43.3 Å². The van der Waals surface area contributed by atoms with Crippen LogP contribution >= 0.6 is 0 Å². The van der Waals surface area contributed by atoms with Crippen molar-refractivity contribution in [3.05, 3.63) is 10.1 Å². The maximum atomic E-state index is 8.00. The van der Waals surface area contributed by atoms with Gasteiger partial charge in [-0.3, -0.25) is 0 Å². The smallest absolute Gasteiger partial charge is 2.00 e. The van der Waals surface area contributed by atoms with Gasteiger partial charge in [-0.05, 0) is 0 Å². The Morgan fingerprint density at radius 3 is 1.60 bits per heavy atom. The quantitative estimate of drug-likeness (QED) is 0.252. The standard InChI is InChI=1S/HNO2.O.Ti/c2-1-3;;/h(H,2,3);;/q;-2;+3/p-1. The third-order valence-corrected chi connectivity index (χ3v) is 0. The van der Waals surface area contributed by atoms with Crippen LogP contribution < -0.4 is 0 Å². The molecular weight excluding hydrogens is 110 g/mol. The molecule has 0 aliphatic rings. The molecule has 0 saturated carbocycles. The largest absolute Gasteiger partial charge is 3.00 e. The monoisotopic (exact) mass is 110 g/mol. The molecule has 0 spiro atoms. The predicted molar refractivity (Wildman–Crippen MR) is 9.85 cm³/mol. The van der Waals surface area contributed by atoms with Crippen LogP contribution in [0.15, 0.2) is 5.34 Å².